The van der Waals surface area contributed by atoms with E-state index in [1.165, 1.54) is 7.11 Å². The number of hydrogen-bond acceptors (Lipinski definition) is 7. The van der Waals surface area contributed by atoms with Gasteiger partial charge in [-0.25, -0.2) is 9.37 Å². The summed E-state index contributed by atoms with van der Waals surface area (Å²) in [6.45, 7) is 0.792. The van der Waals surface area contributed by atoms with Crippen LogP contribution in [0.25, 0.3) is 33.5 Å². The van der Waals surface area contributed by atoms with Crippen molar-refractivity contribution in [2.24, 2.45) is 13.0 Å². The van der Waals surface area contributed by atoms with Gasteiger partial charge in [-0.3, -0.25) is 9.59 Å². The second-order valence-corrected chi connectivity index (χ2v) is 11.4. The Bertz CT molecular complexity index is 1600. The molecule has 4 aromatic rings. The third kappa shape index (κ3) is 5.41. The third-order valence-corrected chi connectivity index (χ3v) is 8.70. The van der Waals surface area contributed by atoms with Gasteiger partial charge in [-0.1, -0.05) is 24.3 Å². The van der Waals surface area contributed by atoms with Gasteiger partial charge in [0.05, 0.1) is 49.9 Å². The number of rotatable bonds is 8. The Morgan fingerprint density at radius 2 is 1.86 bits per heavy atom. The van der Waals surface area contributed by atoms with Crippen LogP contribution in [-0.4, -0.2) is 71.9 Å². The van der Waals surface area contributed by atoms with E-state index in [9.17, 15) is 9.59 Å². The number of aryl methyl sites for hydroxylation is 1. The smallest absolute Gasteiger partial charge is 0.308 e. The molecule has 10 heteroatoms. The molecule has 42 heavy (non-hydrogen) atoms. The second kappa shape index (κ2) is 11.9. The summed E-state index contributed by atoms with van der Waals surface area (Å²) in [7, 11) is 4.97. The fourth-order valence-corrected chi connectivity index (χ4v) is 6.53. The van der Waals surface area contributed by atoms with E-state index in [1.807, 2.05) is 42.1 Å². The second-order valence-electron chi connectivity index (χ2n) is 11.4. The van der Waals surface area contributed by atoms with Crippen LogP contribution in [0.4, 0.5) is 4.39 Å². The number of carbonyl (C=O) groups is 2. The number of halogens is 1. The van der Waals surface area contributed by atoms with Crippen molar-refractivity contribution >= 4 is 33.9 Å². The molecule has 1 amide bonds. The largest absolute Gasteiger partial charge is 0.469 e. The molecule has 2 aromatic carbocycles. The van der Waals surface area contributed by atoms with Gasteiger partial charge in [0, 0.05) is 43.4 Å². The van der Waals surface area contributed by atoms with E-state index in [4.69, 9.17) is 18.6 Å². The van der Waals surface area contributed by atoms with Crippen molar-refractivity contribution in [3.05, 3.63) is 54.0 Å². The lowest BCUT2D eigenvalue weighted by molar-refractivity contribution is -0.148. The van der Waals surface area contributed by atoms with Gasteiger partial charge in [0.2, 0.25) is 11.8 Å². The molecule has 222 valence electrons. The van der Waals surface area contributed by atoms with Crippen molar-refractivity contribution < 1.29 is 32.6 Å². The van der Waals surface area contributed by atoms with Gasteiger partial charge in [0.1, 0.15) is 5.52 Å². The van der Waals surface area contributed by atoms with Crippen LogP contribution in [0.5, 0.6) is 0 Å². The number of oxazole rings is 1. The first-order chi connectivity index (χ1) is 20.4. The Balaban J connectivity index is 1.15. The normalized spacial score (nSPS) is 22.7. The lowest BCUT2D eigenvalue weighted by Crippen LogP contribution is -2.39. The summed E-state index contributed by atoms with van der Waals surface area (Å²) < 4.78 is 40.3. The summed E-state index contributed by atoms with van der Waals surface area (Å²) in [5.41, 5.74) is 2.51. The van der Waals surface area contributed by atoms with Gasteiger partial charge in [0.15, 0.2) is 11.4 Å². The first-order valence-corrected chi connectivity index (χ1v) is 14.5. The Morgan fingerprint density at radius 3 is 2.62 bits per heavy atom. The monoisotopic (exact) mass is 577 g/mol. The fourth-order valence-electron chi connectivity index (χ4n) is 6.53. The number of ether oxygens (including phenoxy) is 3. The van der Waals surface area contributed by atoms with Crippen LogP contribution in [0.3, 0.4) is 0 Å². The van der Waals surface area contributed by atoms with Crippen molar-refractivity contribution in [1.82, 2.24) is 14.5 Å². The van der Waals surface area contributed by atoms with Crippen molar-refractivity contribution in [2.45, 2.75) is 56.8 Å². The molecular weight excluding hydrogens is 541 g/mol. The van der Waals surface area contributed by atoms with Crippen LogP contribution >= 0.6 is 0 Å². The molecule has 2 aliphatic rings. The summed E-state index contributed by atoms with van der Waals surface area (Å²) in [5, 5.41) is 0.967. The molecule has 0 radical (unpaired) electrons. The Labute approximate surface area is 243 Å². The van der Waals surface area contributed by atoms with E-state index in [2.05, 4.69) is 4.98 Å². The van der Waals surface area contributed by atoms with Crippen LogP contribution in [0.15, 0.2) is 47.0 Å². The van der Waals surface area contributed by atoms with E-state index < -0.39 is 5.82 Å². The van der Waals surface area contributed by atoms with Gasteiger partial charge < -0.3 is 28.1 Å². The minimum atomic E-state index is -0.572. The molecule has 0 spiro atoms. The molecule has 1 saturated carbocycles. The van der Waals surface area contributed by atoms with E-state index >= 15 is 4.39 Å². The average molecular weight is 578 g/mol. The lowest BCUT2D eigenvalue weighted by atomic mass is 9.87. The zero-order valence-electron chi connectivity index (χ0n) is 24.2. The number of para-hydroxylation sites is 1. The first-order valence-electron chi connectivity index (χ1n) is 14.5. The van der Waals surface area contributed by atoms with Gasteiger partial charge in [0.25, 0.3) is 0 Å². The summed E-state index contributed by atoms with van der Waals surface area (Å²) >= 11 is 0. The molecule has 2 fully saturated rings. The molecule has 0 unspecified atom stereocenters. The van der Waals surface area contributed by atoms with Crippen LogP contribution in [0.2, 0.25) is 0 Å². The van der Waals surface area contributed by atoms with Gasteiger partial charge in [-0.15, -0.1) is 0 Å². The minimum Gasteiger partial charge on any atom is -0.469 e. The van der Waals surface area contributed by atoms with E-state index in [-0.39, 0.29) is 53.6 Å². The number of aromatic nitrogens is 2. The van der Waals surface area contributed by atoms with Crippen LogP contribution in [0, 0.1) is 11.7 Å². The molecule has 1 aliphatic carbocycles. The molecule has 3 heterocycles. The number of benzene rings is 2. The zero-order valence-corrected chi connectivity index (χ0v) is 24.2. The topological polar surface area (TPSA) is 96.0 Å². The molecule has 6 rings (SSSR count). The van der Waals surface area contributed by atoms with Crippen LogP contribution in [0.1, 0.15) is 37.7 Å². The summed E-state index contributed by atoms with van der Waals surface area (Å²) in [6, 6.07) is 11.0. The highest BCUT2D eigenvalue weighted by Gasteiger charge is 2.38. The fraction of sp³-hybridized carbons (Fsp3) is 0.469. The van der Waals surface area contributed by atoms with E-state index in [0.717, 1.165) is 42.1 Å². The highest BCUT2D eigenvalue weighted by Crippen LogP contribution is 2.34. The van der Waals surface area contributed by atoms with Crippen molar-refractivity contribution in [3.8, 4) is 11.5 Å². The van der Waals surface area contributed by atoms with Gasteiger partial charge in [-0.05, 0) is 44.2 Å². The number of nitrogens with zero attached hydrogens (tertiary/aromatic N) is 3. The highest BCUT2D eigenvalue weighted by molar-refractivity contribution is 5.95. The Morgan fingerprint density at radius 1 is 1.07 bits per heavy atom. The Hall–Kier alpha value is -3.76. The lowest BCUT2D eigenvalue weighted by Gasteiger charge is -2.29. The molecule has 1 aliphatic heterocycles. The predicted molar refractivity (Wildman–Crippen MR) is 154 cm³/mol. The van der Waals surface area contributed by atoms with Crippen molar-refractivity contribution in [3.63, 3.8) is 0 Å². The molecule has 2 aromatic heterocycles. The number of methoxy groups -OCH3 is 2. The maximum Gasteiger partial charge on any atom is 0.308 e. The molecule has 0 bridgehead atoms. The number of likely N-dealkylation sites (tertiary alicyclic amines) is 1. The number of esters is 1. The van der Waals surface area contributed by atoms with Crippen LogP contribution < -0.4 is 0 Å². The molecule has 9 nitrogen and oxygen atoms in total. The molecular formula is C32H36FN3O6. The molecule has 2 atom stereocenters. The molecule has 0 N–H and O–H groups in total. The zero-order chi connectivity index (χ0) is 29.4. The van der Waals surface area contributed by atoms with Crippen LogP contribution in [-0.2, 0) is 37.3 Å². The average Bonchev–Trinajstić information content (AvgIpc) is 3.70. The quantitative estimate of drug-likeness (QED) is 0.271. The van der Waals surface area contributed by atoms with Crippen molar-refractivity contribution in [2.75, 3.05) is 27.4 Å². The van der Waals surface area contributed by atoms with Gasteiger partial charge in [-0.2, -0.15) is 0 Å². The third-order valence-electron chi connectivity index (χ3n) is 8.70. The SMILES string of the molecule is COC[C@@H]1C[C@@H](O[C@H]2CC[C@H](C(=O)OC)CC2)CN1C(=O)Cc1ccc2nc(-c3cn(C)c4ccccc34)oc2c1F. The summed E-state index contributed by atoms with van der Waals surface area (Å²) in [5.74, 6) is -0.657. The minimum absolute atomic E-state index is 0.0383. The van der Waals surface area contributed by atoms with E-state index in [0.29, 0.717) is 31.0 Å². The standard InChI is InChI=1S/C32H36FN3O6/c1-35-17-25(24-6-4-5-7-27(24)35)31-34-26-13-10-20(29(33)30(26)42-31)14-28(37)36-16-23(15-21(36)18-39-2)41-22-11-8-19(9-12-22)32(38)40-3/h4-7,10,13,17,19,21-23H,8-9,11-12,14-16,18H2,1-3H3/t19-,21-,22-,23+/m0/s1. The maximum absolute atomic E-state index is 15.7. The van der Waals surface area contributed by atoms with Crippen molar-refractivity contribution in [1.29, 1.82) is 0 Å². The first kappa shape index (κ1) is 28.4. The predicted octanol–water partition coefficient (Wildman–Crippen LogP) is 5.03. The summed E-state index contributed by atoms with van der Waals surface area (Å²) in [4.78, 5) is 31.7. The number of carbonyl (C=O) groups excluding carboxylic acids is 2. The maximum atomic E-state index is 15.7. The van der Waals surface area contributed by atoms with E-state index in [1.54, 1.807) is 24.1 Å². The number of hydrogen-bond donors (Lipinski definition) is 0. The number of amides is 1. The summed E-state index contributed by atoms with van der Waals surface area (Å²) in [6.07, 6.45) is 5.39. The number of fused-ring (bicyclic) bond motifs is 2. The molecule has 1 saturated heterocycles. The highest BCUT2D eigenvalue weighted by atomic mass is 19.1. The van der Waals surface area contributed by atoms with Gasteiger partial charge >= 0.3 is 5.97 Å². The Kier molecular flexibility index (Phi) is 8.00.